The van der Waals surface area contributed by atoms with Crippen LogP contribution in [-0.2, 0) is 4.79 Å². The summed E-state index contributed by atoms with van der Waals surface area (Å²) >= 11 is 4.17. The van der Waals surface area contributed by atoms with Crippen LogP contribution in [0.1, 0.15) is 5.76 Å². The second kappa shape index (κ2) is 10.00. The number of halogens is 1. The summed E-state index contributed by atoms with van der Waals surface area (Å²) < 4.78 is 12.2. The van der Waals surface area contributed by atoms with E-state index in [0.717, 1.165) is 27.4 Å². The number of nitro groups is 1. The summed E-state index contributed by atoms with van der Waals surface area (Å²) in [4.78, 5) is 37.2. The number of thioether (sulfide) groups is 1. The lowest BCUT2D eigenvalue weighted by Crippen LogP contribution is -2.32. The number of carbonyl (C=O) groups is 2. The lowest BCUT2D eigenvalue weighted by molar-refractivity contribution is -0.384. The SMILES string of the molecule is O=C1S/C(=C\c2ccc(-c3ccc([N+](=O)[O-])cc3Br)o2)C(=O)N1CCOc1cccc2ccccc12. The van der Waals surface area contributed by atoms with E-state index in [1.165, 1.54) is 18.2 Å². The van der Waals surface area contributed by atoms with Gasteiger partial charge in [-0.2, -0.15) is 0 Å². The van der Waals surface area contributed by atoms with Crippen molar-refractivity contribution in [2.45, 2.75) is 0 Å². The topological polar surface area (TPSA) is 103 Å². The molecule has 0 radical (unpaired) electrons. The minimum atomic E-state index is -0.481. The third kappa shape index (κ3) is 4.77. The number of non-ortho nitro benzene ring substituents is 1. The lowest BCUT2D eigenvalue weighted by atomic mass is 10.1. The zero-order valence-corrected chi connectivity index (χ0v) is 21.0. The maximum absolute atomic E-state index is 12.9. The fourth-order valence-corrected chi connectivity index (χ4v) is 5.19. The van der Waals surface area contributed by atoms with Gasteiger partial charge in [0.2, 0.25) is 0 Å². The van der Waals surface area contributed by atoms with Gasteiger partial charge in [0.1, 0.15) is 23.9 Å². The summed E-state index contributed by atoms with van der Waals surface area (Å²) in [7, 11) is 0. The molecule has 10 heteroatoms. The van der Waals surface area contributed by atoms with Gasteiger partial charge in [-0.25, -0.2) is 0 Å². The number of furan rings is 1. The Labute approximate surface area is 217 Å². The number of benzene rings is 3. The number of imide groups is 1. The molecule has 1 saturated heterocycles. The zero-order chi connectivity index (χ0) is 25.2. The summed E-state index contributed by atoms with van der Waals surface area (Å²) in [5.41, 5.74) is 0.578. The standard InChI is InChI=1S/C26H17BrN2O6S/c27-21-14-17(29(32)33)8-10-20(21)23-11-9-18(35-23)15-24-25(30)28(26(31)36-24)12-13-34-22-7-3-5-16-4-1-2-6-19(16)22/h1-11,14-15H,12-13H2/b24-15-. The highest BCUT2D eigenvalue weighted by molar-refractivity contribution is 9.10. The fourth-order valence-electron chi connectivity index (χ4n) is 3.78. The highest BCUT2D eigenvalue weighted by Gasteiger charge is 2.35. The van der Waals surface area contributed by atoms with Crippen molar-refractivity contribution in [3.8, 4) is 17.1 Å². The second-order valence-corrected chi connectivity index (χ2v) is 9.63. The molecule has 0 saturated carbocycles. The van der Waals surface area contributed by atoms with Crippen molar-refractivity contribution in [1.29, 1.82) is 0 Å². The second-order valence-electron chi connectivity index (χ2n) is 7.78. The number of nitrogens with zero attached hydrogens (tertiary/aromatic N) is 2. The molecule has 0 unspecified atom stereocenters. The van der Waals surface area contributed by atoms with E-state index in [1.807, 2.05) is 42.5 Å². The Balaban J connectivity index is 1.26. The Morgan fingerprint density at radius 1 is 1.06 bits per heavy atom. The summed E-state index contributed by atoms with van der Waals surface area (Å²) in [6.45, 7) is 0.281. The van der Waals surface area contributed by atoms with Gasteiger partial charge in [-0.15, -0.1) is 0 Å². The minimum absolute atomic E-state index is 0.0458. The Bertz CT molecular complexity index is 1540. The first-order chi connectivity index (χ1) is 17.4. The van der Waals surface area contributed by atoms with Crippen LogP contribution in [0.25, 0.3) is 28.2 Å². The quantitative estimate of drug-likeness (QED) is 0.137. The predicted molar refractivity (Wildman–Crippen MR) is 141 cm³/mol. The number of carbonyl (C=O) groups excluding carboxylic acids is 2. The molecule has 1 aliphatic heterocycles. The van der Waals surface area contributed by atoms with Crippen LogP contribution in [0.15, 0.2) is 86.6 Å². The molecular formula is C26H17BrN2O6S. The number of amides is 2. The molecule has 0 aliphatic carbocycles. The normalized spacial score (nSPS) is 14.7. The monoisotopic (exact) mass is 564 g/mol. The van der Waals surface area contributed by atoms with Crippen LogP contribution in [0.4, 0.5) is 10.5 Å². The minimum Gasteiger partial charge on any atom is -0.491 e. The van der Waals surface area contributed by atoms with Gasteiger partial charge in [0.05, 0.1) is 16.4 Å². The van der Waals surface area contributed by atoms with Crippen molar-refractivity contribution in [2.75, 3.05) is 13.2 Å². The Kier molecular flexibility index (Phi) is 6.62. The van der Waals surface area contributed by atoms with E-state index in [0.29, 0.717) is 27.3 Å². The maximum atomic E-state index is 12.9. The van der Waals surface area contributed by atoms with Gasteiger partial charge >= 0.3 is 0 Å². The number of rotatable bonds is 7. The highest BCUT2D eigenvalue weighted by Crippen LogP contribution is 2.36. The number of hydrogen-bond acceptors (Lipinski definition) is 7. The third-order valence-corrected chi connectivity index (χ3v) is 7.09. The molecule has 8 nitrogen and oxygen atoms in total. The van der Waals surface area contributed by atoms with Crippen LogP contribution in [0, 0.1) is 10.1 Å². The molecular weight excluding hydrogens is 548 g/mol. The summed E-state index contributed by atoms with van der Waals surface area (Å²) in [6.07, 6.45) is 1.51. The summed E-state index contributed by atoms with van der Waals surface area (Å²) in [5, 5.41) is 12.6. The van der Waals surface area contributed by atoms with Crippen molar-refractivity contribution in [2.24, 2.45) is 0 Å². The van der Waals surface area contributed by atoms with E-state index in [-0.39, 0.29) is 29.0 Å². The van der Waals surface area contributed by atoms with E-state index in [9.17, 15) is 19.7 Å². The molecule has 0 spiro atoms. The molecule has 1 aliphatic rings. The molecule has 180 valence electrons. The molecule has 1 fully saturated rings. The van der Waals surface area contributed by atoms with E-state index < -0.39 is 10.8 Å². The molecule has 2 amide bonds. The van der Waals surface area contributed by atoms with E-state index in [1.54, 1.807) is 18.2 Å². The molecule has 3 aromatic carbocycles. The fraction of sp³-hybridized carbons (Fsp3) is 0.0769. The van der Waals surface area contributed by atoms with Crippen molar-refractivity contribution < 1.29 is 23.7 Å². The van der Waals surface area contributed by atoms with Crippen molar-refractivity contribution in [3.63, 3.8) is 0 Å². The summed E-state index contributed by atoms with van der Waals surface area (Å²) in [6, 6.07) is 21.3. The van der Waals surface area contributed by atoms with E-state index in [2.05, 4.69) is 15.9 Å². The van der Waals surface area contributed by atoms with E-state index >= 15 is 0 Å². The molecule has 5 rings (SSSR count). The smallest absolute Gasteiger partial charge is 0.293 e. The van der Waals surface area contributed by atoms with Gasteiger partial charge in [-0.1, -0.05) is 36.4 Å². The van der Waals surface area contributed by atoms with Crippen LogP contribution >= 0.6 is 27.7 Å². The third-order valence-electron chi connectivity index (χ3n) is 5.52. The van der Waals surface area contributed by atoms with Crippen LogP contribution in [0.3, 0.4) is 0 Å². The van der Waals surface area contributed by atoms with Crippen LogP contribution in [-0.4, -0.2) is 34.1 Å². The van der Waals surface area contributed by atoms with Crippen LogP contribution in [0.2, 0.25) is 0 Å². The van der Waals surface area contributed by atoms with Gasteiger partial charge < -0.3 is 9.15 Å². The number of hydrogen-bond donors (Lipinski definition) is 0. The van der Waals surface area contributed by atoms with Gasteiger partial charge in [0.15, 0.2) is 0 Å². The molecule has 2 heterocycles. The molecule has 36 heavy (non-hydrogen) atoms. The van der Waals surface area contributed by atoms with E-state index in [4.69, 9.17) is 9.15 Å². The predicted octanol–water partition coefficient (Wildman–Crippen LogP) is 6.89. The molecule has 0 atom stereocenters. The molecule has 0 bridgehead atoms. The zero-order valence-electron chi connectivity index (χ0n) is 18.5. The molecule has 4 aromatic rings. The summed E-state index contributed by atoms with van der Waals surface area (Å²) in [5.74, 6) is 1.12. The first kappa shape index (κ1) is 23.8. The number of ether oxygens (including phenoxy) is 1. The Morgan fingerprint density at radius 2 is 1.86 bits per heavy atom. The van der Waals surface area contributed by atoms with Gasteiger partial charge in [-0.3, -0.25) is 24.6 Å². The molecule has 1 aromatic heterocycles. The van der Waals surface area contributed by atoms with Gasteiger partial charge in [0, 0.05) is 33.6 Å². The van der Waals surface area contributed by atoms with Gasteiger partial charge in [0.25, 0.3) is 16.8 Å². The van der Waals surface area contributed by atoms with Crippen molar-refractivity contribution in [1.82, 2.24) is 4.90 Å². The number of fused-ring (bicyclic) bond motifs is 1. The van der Waals surface area contributed by atoms with Crippen molar-refractivity contribution >= 4 is 61.4 Å². The Morgan fingerprint density at radius 3 is 2.67 bits per heavy atom. The van der Waals surface area contributed by atoms with Crippen LogP contribution < -0.4 is 4.74 Å². The average Bonchev–Trinajstić information content (AvgIpc) is 3.43. The van der Waals surface area contributed by atoms with Crippen LogP contribution in [0.5, 0.6) is 5.75 Å². The largest absolute Gasteiger partial charge is 0.491 e. The molecule has 0 N–H and O–H groups in total. The number of nitro benzene ring substituents is 1. The first-order valence-electron chi connectivity index (χ1n) is 10.8. The van der Waals surface area contributed by atoms with Crippen molar-refractivity contribution in [3.05, 3.63) is 98.0 Å². The average molecular weight is 565 g/mol. The Hall–Kier alpha value is -3.89. The lowest BCUT2D eigenvalue weighted by Gasteiger charge is -2.14. The maximum Gasteiger partial charge on any atom is 0.293 e. The highest BCUT2D eigenvalue weighted by atomic mass is 79.9. The first-order valence-corrected chi connectivity index (χ1v) is 12.4. The van der Waals surface area contributed by atoms with Gasteiger partial charge in [-0.05, 0) is 57.3 Å².